The number of nitrogens with zero attached hydrogens (tertiary/aromatic N) is 1. The minimum atomic E-state index is -3.88. The van der Waals surface area contributed by atoms with Gasteiger partial charge in [0.2, 0.25) is 15.9 Å². The molecule has 7 heteroatoms. The fourth-order valence-electron chi connectivity index (χ4n) is 3.52. The Balaban J connectivity index is 1.83. The molecule has 2 aromatic rings. The first-order chi connectivity index (χ1) is 13.7. The number of hydrogen-bond acceptors (Lipinski definition) is 4. The number of carbonyl (C=O) groups excluding carboxylic acids is 1. The summed E-state index contributed by atoms with van der Waals surface area (Å²) in [5.74, 6) is 0.106. The molecule has 1 N–H and O–H groups in total. The van der Waals surface area contributed by atoms with Crippen LogP contribution in [0.1, 0.15) is 24.5 Å². The smallest absolute Gasteiger partial charge is 0.249 e. The number of para-hydroxylation sites is 1. The van der Waals surface area contributed by atoms with Crippen LogP contribution in [0.3, 0.4) is 0 Å². The van der Waals surface area contributed by atoms with Crippen LogP contribution >= 0.6 is 0 Å². The highest BCUT2D eigenvalue weighted by Crippen LogP contribution is 2.40. The molecule has 0 aliphatic carbocycles. The van der Waals surface area contributed by atoms with Gasteiger partial charge in [-0.05, 0) is 62.6 Å². The average molecular weight is 415 g/mol. The third-order valence-electron chi connectivity index (χ3n) is 5.30. The molecule has 1 unspecified atom stereocenters. The van der Waals surface area contributed by atoms with Gasteiger partial charge < -0.3 is 10.1 Å². The Hall–Kier alpha value is -2.80. The van der Waals surface area contributed by atoms with E-state index in [4.69, 9.17) is 4.74 Å². The van der Waals surface area contributed by atoms with Crippen molar-refractivity contribution in [2.45, 2.75) is 31.9 Å². The minimum Gasteiger partial charge on any atom is -0.490 e. The highest BCUT2D eigenvalue weighted by atomic mass is 32.2. The predicted molar refractivity (Wildman–Crippen MR) is 116 cm³/mol. The molecule has 0 radical (unpaired) electrons. The first-order valence-corrected chi connectivity index (χ1v) is 10.9. The third-order valence-corrected chi connectivity index (χ3v) is 7.77. The van der Waals surface area contributed by atoms with Gasteiger partial charge in [-0.2, -0.15) is 0 Å². The van der Waals surface area contributed by atoms with Crippen LogP contribution in [0.15, 0.2) is 55.1 Å². The molecule has 1 atom stereocenters. The fourth-order valence-corrected chi connectivity index (χ4v) is 5.50. The van der Waals surface area contributed by atoms with E-state index in [1.54, 1.807) is 30.3 Å². The summed E-state index contributed by atoms with van der Waals surface area (Å²) in [4.78, 5) is 13.0. The first-order valence-electron chi connectivity index (χ1n) is 9.44. The van der Waals surface area contributed by atoms with Crippen LogP contribution in [0, 0.1) is 13.8 Å². The summed E-state index contributed by atoms with van der Waals surface area (Å²) in [6.45, 7) is 9.50. The maximum absolute atomic E-state index is 13.4. The van der Waals surface area contributed by atoms with Crippen LogP contribution < -0.4 is 14.4 Å². The van der Waals surface area contributed by atoms with Gasteiger partial charge in [0.1, 0.15) is 12.4 Å². The molecule has 1 aliphatic heterocycles. The second kappa shape index (κ2) is 7.91. The molecule has 1 heterocycles. The number of sulfonamides is 1. The zero-order valence-electron chi connectivity index (χ0n) is 16.9. The normalized spacial score (nSPS) is 20.3. The maximum Gasteiger partial charge on any atom is 0.249 e. The van der Waals surface area contributed by atoms with Gasteiger partial charge in [-0.1, -0.05) is 30.9 Å². The SMILES string of the molecule is C=CCOc1ccc(NC(=O)C2(C)CCN(c3c(C)cccc3C)S2(=O)=O)cc1. The summed E-state index contributed by atoms with van der Waals surface area (Å²) in [6.07, 6.45) is 1.86. The van der Waals surface area contributed by atoms with Gasteiger partial charge in [0.15, 0.2) is 4.75 Å². The highest BCUT2D eigenvalue weighted by Gasteiger charge is 2.55. The molecule has 0 bridgehead atoms. The van der Waals surface area contributed by atoms with Crippen LogP contribution in [0.5, 0.6) is 5.75 Å². The van der Waals surface area contributed by atoms with Crippen LogP contribution in [-0.4, -0.2) is 32.2 Å². The molecule has 1 amide bonds. The van der Waals surface area contributed by atoms with E-state index in [1.807, 2.05) is 32.0 Å². The molecule has 2 aromatic carbocycles. The lowest BCUT2D eigenvalue weighted by molar-refractivity contribution is -0.118. The number of aryl methyl sites for hydroxylation is 2. The Kier molecular flexibility index (Phi) is 5.71. The number of amides is 1. The number of carbonyl (C=O) groups is 1. The zero-order chi connectivity index (χ0) is 21.2. The minimum absolute atomic E-state index is 0.218. The maximum atomic E-state index is 13.4. The molecule has 1 saturated heterocycles. The Morgan fingerprint density at radius 1 is 1.21 bits per heavy atom. The van der Waals surface area contributed by atoms with Crippen molar-refractivity contribution in [1.82, 2.24) is 0 Å². The van der Waals surface area contributed by atoms with Crippen molar-refractivity contribution in [3.8, 4) is 5.75 Å². The molecule has 0 spiro atoms. The summed E-state index contributed by atoms with van der Waals surface area (Å²) >= 11 is 0. The molecular weight excluding hydrogens is 388 g/mol. The number of anilines is 2. The van der Waals surface area contributed by atoms with Crippen molar-refractivity contribution >= 4 is 27.3 Å². The van der Waals surface area contributed by atoms with E-state index >= 15 is 0 Å². The summed E-state index contributed by atoms with van der Waals surface area (Å²) in [5.41, 5.74) is 2.91. The van der Waals surface area contributed by atoms with E-state index in [0.717, 1.165) is 11.1 Å². The van der Waals surface area contributed by atoms with Crippen LogP contribution in [0.4, 0.5) is 11.4 Å². The Bertz CT molecular complexity index is 1010. The molecule has 1 aliphatic rings. The molecular formula is C22H26N2O4S. The first kappa shape index (κ1) is 20.9. The summed E-state index contributed by atoms with van der Waals surface area (Å²) in [5, 5.41) is 2.74. The van der Waals surface area contributed by atoms with E-state index in [-0.39, 0.29) is 13.0 Å². The van der Waals surface area contributed by atoms with Gasteiger partial charge in [0.05, 0.1) is 5.69 Å². The van der Waals surface area contributed by atoms with E-state index < -0.39 is 20.7 Å². The Labute approximate surface area is 172 Å². The van der Waals surface area contributed by atoms with Crippen LogP contribution in [0.25, 0.3) is 0 Å². The lowest BCUT2D eigenvalue weighted by Crippen LogP contribution is -2.47. The number of ether oxygens (including phenoxy) is 1. The van der Waals surface area contributed by atoms with Crippen LogP contribution in [-0.2, 0) is 14.8 Å². The zero-order valence-corrected chi connectivity index (χ0v) is 17.8. The van der Waals surface area contributed by atoms with E-state index in [9.17, 15) is 13.2 Å². The van der Waals surface area contributed by atoms with Gasteiger partial charge in [-0.3, -0.25) is 9.10 Å². The highest BCUT2D eigenvalue weighted by molar-refractivity contribution is 7.95. The molecule has 29 heavy (non-hydrogen) atoms. The molecule has 0 aromatic heterocycles. The summed E-state index contributed by atoms with van der Waals surface area (Å²) in [6, 6.07) is 12.5. The number of rotatable bonds is 6. The van der Waals surface area contributed by atoms with E-state index in [1.165, 1.54) is 11.2 Å². The van der Waals surface area contributed by atoms with Crippen molar-refractivity contribution in [2.75, 3.05) is 22.8 Å². The molecule has 1 fully saturated rings. The van der Waals surface area contributed by atoms with E-state index in [2.05, 4.69) is 11.9 Å². The standard InChI is InChI=1S/C22H26N2O4S/c1-5-15-28-19-11-9-18(10-12-19)23-21(25)22(4)13-14-24(29(22,26)27)20-16(2)7-6-8-17(20)3/h5-12H,1,13-15H2,2-4H3,(H,23,25). The van der Waals surface area contributed by atoms with Crippen molar-refractivity contribution < 1.29 is 17.9 Å². The van der Waals surface area contributed by atoms with Crippen LogP contribution in [0.2, 0.25) is 0 Å². The van der Waals surface area contributed by atoms with Crippen molar-refractivity contribution in [2.24, 2.45) is 0 Å². The summed E-state index contributed by atoms with van der Waals surface area (Å²) < 4.78 is 32.0. The van der Waals surface area contributed by atoms with Crippen molar-refractivity contribution in [1.29, 1.82) is 0 Å². The molecule has 6 nitrogen and oxygen atoms in total. The summed E-state index contributed by atoms with van der Waals surface area (Å²) in [7, 11) is -3.88. The number of hydrogen-bond donors (Lipinski definition) is 1. The quantitative estimate of drug-likeness (QED) is 0.730. The van der Waals surface area contributed by atoms with Gasteiger partial charge >= 0.3 is 0 Å². The third kappa shape index (κ3) is 3.74. The predicted octanol–water partition coefficient (Wildman–Crippen LogP) is 3.81. The number of benzene rings is 2. The van der Waals surface area contributed by atoms with Gasteiger partial charge in [-0.25, -0.2) is 8.42 Å². The monoisotopic (exact) mass is 414 g/mol. The second-order valence-electron chi connectivity index (χ2n) is 7.38. The average Bonchev–Trinajstić information content (AvgIpc) is 2.92. The lowest BCUT2D eigenvalue weighted by Gasteiger charge is -2.27. The van der Waals surface area contributed by atoms with Crippen molar-refractivity contribution in [3.05, 3.63) is 66.2 Å². The fraction of sp³-hybridized carbons (Fsp3) is 0.318. The largest absolute Gasteiger partial charge is 0.490 e. The molecule has 3 rings (SSSR count). The van der Waals surface area contributed by atoms with Gasteiger partial charge in [-0.15, -0.1) is 0 Å². The lowest BCUT2D eigenvalue weighted by atomic mass is 10.1. The Morgan fingerprint density at radius 3 is 2.41 bits per heavy atom. The molecule has 0 saturated carbocycles. The van der Waals surface area contributed by atoms with Gasteiger partial charge in [0.25, 0.3) is 0 Å². The second-order valence-corrected chi connectivity index (χ2v) is 9.67. The topological polar surface area (TPSA) is 75.7 Å². The van der Waals surface area contributed by atoms with E-state index in [0.29, 0.717) is 23.7 Å². The van der Waals surface area contributed by atoms with Crippen molar-refractivity contribution in [3.63, 3.8) is 0 Å². The Morgan fingerprint density at radius 2 is 1.83 bits per heavy atom. The van der Waals surface area contributed by atoms with Gasteiger partial charge in [0, 0.05) is 12.2 Å². The number of nitrogens with one attached hydrogen (secondary N) is 1. The molecule has 154 valence electrons.